The minimum atomic E-state index is -0.963. The lowest BCUT2D eigenvalue weighted by atomic mass is 10.2. The average Bonchev–Trinajstić information content (AvgIpc) is 2.68. The standard InChI is InChI=1S/C19H17ClN4O4/c1-12(19(26)23-15-5-3-4-13(8-15)10-21)28-22-11-18(25)24-16-9-14(20)6-7-17(16)27-2/h3-9,11-12H,1-2H3,(H,23,26)(H,24,25)/b22-11-/t12-/m0/s1. The Balaban J connectivity index is 1.89. The largest absolute Gasteiger partial charge is 0.495 e. The third-order valence-electron chi connectivity index (χ3n) is 3.44. The molecule has 1 atom stereocenters. The van der Waals surface area contributed by atoms with Crippen LogP contribution in [0, 0.1) is 11.3 Å². The summed E-state index contributed by atoms with van der Waals surface area (Å²) in [5.41, 5.74) is 1.24. The molecule has 2 amide bonds. The first-order valence-electron chi connectivity index (χ1n) is 8.07. The van der Waals surface area contributed by atoms with E-state index in [0.29, 0.717) is 27.7 Å². The molecule has 0 saturated carbocycles. The van der Waals surface area contributed by atoms with Gasteiger partial charge in [-0.05, 0) is 43.3 Å². The highest BCUT2D eigenvalue weighted by atomic mass is 35.5. The number of benzene rings is 2. The van der Waals surface area contributed by atoms with Crippen LogP contribution in [0.25, 0.3) is 0 Å². The number of methoxy groups -OCH3 is 1. The van der Waals surface area contributed by atoms with E-state index < -0.39 is 17.9 Å². The number of halogens is 1. The van der Waals surface area contributed by atoms with Crippen molar-refractivity contribution in [3.05, 3.63) is 53.1 Å². The summed E-state index contributed by atoms with van der Waals surface area (Å²) in [4.78, 5) is 29.0. The summed E-state index contributed by atoms with van der Waals surface area (Å²) in [6.07, 6.45) is -0.0732. The molecular weight excluding hydrogens is 384 g/mol. The van der Waals surface area contributed by atoms with E-state index in [-0.39, 0.29) is 0 Å². The van der Waals surface area contributed by atoms with E-state index in [9.17, 15) is 9.59 Å². The van der Waals surface area contributed by atoms with Crippen LogP contribution in [0.15, 0.2) is 47.6 Å². The van der Waals surface area contributed by atoms with Gasteiger partial charge >= 0.3 is 0 Å². The van der Waals surface area contributed by atoms with Gasteiger partial charge in [0.25, 0.3) is 11.8 Å². The zero-order valence-corrected chi connectivity index (χ0v) is 15.9. The van der Waals surface area contributed by atoms with Crippen molar-refractivity contribution in [2.75, 3.05) is 17.7 Å². The average molecular weight is 401 g/mol. The molecule has 0 spiro atoms. The van der Waals surface area contributed by atoms with Gasteiger partial charge in [-0.15, -0.1) is 0 Å². The molecule has 2 rings (SSSR count). The normalized spacial score (nSPS) is 11.4. The van der Waals surface area contributed by atoms with Gasteiger partial charge in [-0.25, -0.2) is 0 Å². The van der Waals surface area contributed by atoms with Gasteiger partial charge in [0.1, 0.15) is 12.0 Å². The van der Waals surface area contributed by atoms with Gasteiger partial charge in [0.05, 0.1) is 24.4 Å². The number of hydrogen-bond acceptors (Lipinski definition) is 6. The zero-order chi connectivity index (χ0) is 20.5. The van der Waals surface area contributed by atoms with Crippen molar-refractivity contribution in [1.82, 2.24) is 0 Å². The highest BCUT2D eigenvalue weighted by Crippen LogP contribution is 2.27. The summed E-state index contributed by atoms with van der Waals surface area (Å²) in [6, 6.07) is 13.2. The molecule has 0 aliphatic carbocycles. The molecule has 0 aliphatic heterocycles. The summed E-state index contributed by atoms with van der Waals surface area (Å²) >= 11 is 5.90. The molecule has 0 bridgehead atoms. The molecule has 144 valence electrons. The van der Waals surface area contributed by atoms with Crippen LogP contribution in [0.3, 0.4) is 0 Å². The van der Waals surface area contributed by atoms with Crippen molar-refractivity contribution < 1.29 is 19.2 Å². The van der Waals surface area contributed by atoms with E-state index in [2.05, 4.69) is 15.8 Å². The Kier molecular flexibility index (Phi) is 7.37. The summed E-state index contributed by atoms with van der Waals surface area (Å²) in [7, 11) is 1.46. The Morgan fingerprint density at radius 2 is 2.04 bits per heavy atom. The molecule has 2 aromatic carbocycles. The van der Waals surface area contributed by atoms with E-state index in [1.54, 1.807) is 30.3 Å². The van der Waals surface area contributed by atoms with Gasteiger partial charge < -0.3 is 20.2 Å². The highest BCUT2D eigenvalue weighted by molar-refractivity contribution is 6.33. The number of anilines is 2. The van der Waals surface area contributed by atoms with Gasteiger partial charge in [0, 0.05) is 10.7 Å². The molecular formula is C19H17ClN4O4. The van der Waals surface area contributed by atoms with Gasteiger partial charge in [-0.2, -0.15) is 5.26 Å². The molecule has 0 saturated heterocycles. The number of amides is 2. The van der Waals surface area contributed by atoms with Crippen molar-refractivity contribution in [2.24, 2.45) is 5.16 Å². The van der Waals surface area contributed by atoms with Crippen LogP contribution in [0.2, 0.25) is 5.02 Å². The second-order valence-corrected chi connectivity index (χ2v) is 5.93. The topological polar surface area (TPSA) is 113 Å². The first kappa shape index (κ1) is 20.7. The Hall–Kier alpha value is -3.57. The van der Waals surface area contributed by atoms with Crippen LogP contribution in [0.1, 0.15) is 12.5 Å². The molecule has 8 nitrogen and oxygen atoms in total. The number of oxime groups is 1. The van der Waals surface area contributed by atoms with E-state index in [1.165, 1.54) is 26.2 Å². The van der Waals surface area contributed by atoms with E-state index >= 15 is 0 Å². The van der Waals surface area contributed by atoms with Crippen LogP contribution in [0.5, 0.6) is 5.75 Å². The molecule has 0 heterocycles. The molecule has 2 N–H and O–H groups in total. The molecule has 0 unspecified atom stereocenters. The van der Waals surface area contributed by atoms with Crippen molar-refractivity contribution >= 4 is 41.0 Å². The molecule has 28 heavy (non-hydrogen) atoms. The van der Waals surface area contributed by atoms with Crippen molar-refractivity contribution in [1.29, 1.82) is 5.26 Å². The lowest BCUT2D eigenvalue weighted by Gasteiger charge is -2.11. The molecule has 9 heteroatoms. The second kappa shape index (κ2) is 9.94. The maximum absolute atomic E-state index is 12.1. The SMILES string of the molecule is COc1ccc(Cl)cc1NC(=O)/C=N\O[C@@H](C)C(=O)Nc1cccc(C#N)c1. The van der Waals surface area contributed by atoms with Gasteiger partial charge in [-0.3, -0.25) is 9.59 Å². The summed E-state index contributed by atoms with van der Waals surface area (Å²) in [6.45, 7) is 1.47. The van der Waals surface area contributed by atoms with E-state index in [1.807, 2.05) is 6.07 Å². The van der Waals surface area contributed by atoms with Crippen LogP contribution in [-0.2, 0) is 14.4 Å². The van der Waals surface area contributed by atoms with Crippen LogP contribution >= 0.6 is 11.6 Å². The van der Waals surface area contributed by atoms with E-state index in [4.69, 9.17) is 26.4 Å². The van der Waals surface area contributed by atoms with Crippen molar-refractivity contribution in [3.63, 3.8) is 0 Å². The summed E-state index contributed by atoms with van der Waals surface area (Å²) in [5, 5.41) is 18.0. The lowest BCUT2D eigenvalue weighted by Crippen LogP contribution is -2.26. The van der Waals surface area contributed by atoms with Crippen LogP contribution in [0.4, 0.5) is 11.4 Å². The van der Waals surface area contributed by atoms with Crippen molar-refractivity contribution in [3.8, 4) is 11.8 Å². The molecule has 0 fully saturated rings. The van der Waals surface area contributed by atoms with Gasteiger partial charge in [0.15, 0.2) is 0 Å². The molecule has 0 aliphatic rings. The number of carbonyl (C=O) groups excluding carboxylic acids is 2. The quantitative estimate of drug-likeness (QED) is 0.547. The first-order valence-corrected chi connectivity index (χ1v) is 8.45. The maximum atomic E-state index is 12.1. The van der Waals surface area contributed by atoms with Crippen LogP contribution in [-0.4, -0.2) is 31.2 Å². The minimum Gasteiger partial charge on any atom is -0.495 e. The van der Waals surface area contributed by atoms with Crippen molar-refractivity contribution in [2.45, 2.75) is 13.0 Å². The number of ether oxygens (including phenoxy) is 1. The Morgan fingerprint density at radius 1 is 1.25 bits per heavy atom. The first-order chi connectivity index (χ1) is 13.4. The van der Waals surface area contributed by atoms with Crippen LogP contribution < -0.4 is 15.4 Å². The van der Waals surface area contributed by atoms with Gasteiger partial charge in [-0.1, -0.05) is 22.8 Å². The number of nitrogens with zero attached hydrogens (tertiary/aromatic N) is 2. The monoisotopic (exact) mass is 400 g/mol. The number of carbonyl (C=O) groups is 2. The molecule has 0 aromatic heterocycles. The predicted octanol–water partition coefficient (Wildman–Crippen LogP) is 3.19. The predicted molar refractivity (Wildman–Crippen MR) is 105 cm³/mol. The van der Waals surface area contributed by atoms with E-state index in [0.717, 1.165) is 6.21 Å². The third-order valence-corrected chi connectivity index (χ3v) is 3.67. The zero-order valence-electron chi connectivity index (χ0n) is 15.1. The second-order valence-electron chi connectivity index (χ2n) is 5.50. The molecule has 2 aromatic rings. The third kappa shape index (κ3) is 6.00. The fraction of sp³-hybridized carbons (Fsp3) is 0.158. The smallest absolute Gasteiger partial charge is 0.270 e. The molecule has 0 radical (unpaired) electrons. The number of nitrogens with one attached hydrogen (secondary N) is 2. The summed E-state index contributed by atoms with van der Waals surface area (Å²) < 4.78 is 5.13. The lowest BCUT2D eigenvalue weighted by molar-refractivity contribution is -0.126. The number of nitriles is 1. The Morgan fingerprint density at radius 3 is 2.75 bits per heavy atom. The number of rotatable bonds is 7. The number of hydrogen-bond donors (Lipinski definition) is 2. The minimum absolute atomic E-state index is 0.370. The summed E-state index contributed by atoms with van der Waals surface area (Å²) in [5.74, 6) is -0.640. The maximum Gasteiger partial charge on any atom is 0.270 e. The fourth-order valence-corrected chi connectivity index (χ4v) is 2.24. The Bertz CT molecular complexity index is 940. The van der Waals surface area contributed by atoms with Gasteiger partial charge in [0.2, 0.25) is 6.10 Å². The highest BCUT2D eigenvalue weighted by Gasteiger charge is 2.14. The Labute approximate surface area is 166 Å². The fourth-order valence-electron chi connectivity index (χ4n) is 2.07.